The molecule has 0 saturated carbocycles. The summed E-state index contributed by atoms with van der Waals surface area (Å²) in [5.74, 6) is 0.747. The molecule has 0 aliphatic rings. The zero-order chi connectivity index (χ0) is 11.8. The predicted octanol–water partition coefficient (Wildman–Crippen LogP) is 3.43. The van der Waals surface area contributed by atoms with E-state index in [1.54, 1.807) is 0 Å². The lowest BCUT2D eigenvalue weighted by atomic mass is 9.99. The number of nitrogens with one attached hydrogen (secondary N) is 1. The van der Waals surface area contributed by atoms with Crippen molar-refractivity contribution in [2.45, 2.75) is 40.0 Å². The first kappa shape index (κ1) is 13.2. The van der Waals surface area contributed by atoms with Crippen LogP contribution in [0.5, 0.6) is 0 Å². The van der Waals surface area contributed by atoms with Crippen molar-refractivity contribution in [3.8, 4) is 0 Å². The van der Waals surface area contributed by atoms with Gasteiger partial charge in [-0.1, -0.05) is 45.0 Å². The molecule has 0 aliphatic heterocycles. The van der Waals surface area contributed by atoms with Crippen molar-refractivity contribution >= 4 is 0 Å². The fourth-order valence-corrected chi connectivity index (χ4v) is 1.98. The molecule has 1 nitrogen and oxygen atoms in total. The van der Waals surface area contributed by atoms with E-state index in [1.807, 2.05) is 0 Å². The summed E-state index contributed by atoms with van der Waals surface area (Å²) in [4.78, 5) is 0. The van der Waals surface area contributed by atoms with Gasteiger partial charge in [-0.2, -0.15) is 0 Å². The summed E-state index contributed by atoms with van der Waals surface area (Å²) in [6, 6.07) is 9.05. The normalized spacial score (nSPS) is 11.0. The Morgan fingerprint density at radius 1 is 1.19 bits per heavy atom. The quantitative estimate of drug-likeness (QED) is 0.693. The second-order valence-electron chi connectivity index (χ2n) is 4.88. The maximum absolute atomic E-state index is 3.37. The standard InChI is InChI=1S/C15H25N/c1-4-16-10-6-9-14-7-5-8-15(12-14)11-13(2)3/h5,7-8,12-13,16H,4,6,9-11H2,1-3H3. The molecule has 1 N–H and O–H groups in total. The average Bonchev–Trinajstić information content (AvgIpc) is 2.24. The fraction of sp³-hybridized carbons (Fsp3) is 0.600. The van der Waals surface area contributed by atoms with E-state index >= 15 is 0 Å². The predicted molar refractivity (Wildman–Crippen MR) is 71.8 cm³/mol. The van der Waals surface area contributed by atoms with Crippen LogP contribution in [0, 0.1) is 5.92 Å². The van der Waals surface area contributed by atoms with E-state index in [0.29, 0.717) is 0 Å². The molecule has 0 unspecified atom stereocenters. The van der Waals surface area contributed by atoms with Gasteiger partial charge in [0.25, 0.3) is 0 Å². The van der Waals surface area contributed by atoms with Crippen molar-refractivity contribution in [1.82, 2.24) is 5.32 Å². The lowest BCUT2D eigenvalue weighted by molar-refractivity contribution is 0.645. The number of hydrogen-bond donors (Lipinski definition) is 1. The third kappa shape index (κ3) is 5.32. The molecule has 0 radical (unpaired) electrons. The molecule has 16 heavy (non-hydrogen) atoms. The fourth-order valence-electron chi connectivity index (χ4n) is 1.98. The maximum atomic E-state index is 3.37. The van der Waals surface area contributed by atoms with Gasteiger partial charge in [0.2, 0.25) is 0 Å². The van der Waals surface area contributed by atoms with E-state index in [2.05, 4.69) is 50.4 Å². The van der Waals surface area contributed by atoms with Crippen molar-refractivity contribution in [3.05, 3.63) is 35.4 Å². The number of benzene rings is 1. The van der Waals surface area contributed by atoms with Crippen LogP contribution in [0.4, 0.5) is 0 Å². The third-order valence-corrected chi connectivity index (χ3v) is 2.70. The van der Waals surface area contributed by atoms with E-state index < -0.39 is 0 Å². The first-order valence-corrected chi connectivity index (χ1v) is 6.51. The van der Waals surface area contributed by atoms with Crippen molar-refractivity contribution in [2.75, 3.05) is 13.1 Å². The van der Waals surface area contributed by atoms with Gasteiger partial charge in [-0.3, -0.25) is 0 Å². The highest BCUT2D eigenvalue weighted by Crippen LogP contribution is 2.11. The molecule has 0 heterocycles. The molecule has 1 aromatic rings. The Balaban J connectivity index is 2.41. The molecule has 90 valence electrons. The van der Waals surface area contributed by atoms with Crippen molar-refractivity contribution in [1.29, 1.82) is 0 Å². The summed E-state index contributed by atoms with van der Waals surface area (Å²) in [5, 5.41) is 3.37. The van der Waals surface area contributed by atoms with Crippen LogP contribution in [0.25, 0.3) is 0 Å². The highest BCUT2D eigenvalue weighted by atomic mass is 14.8. The Morgan fingerprint density at radius 2 is 1.94 bits per heavy atom. The molecule has 0 saturated heterocycles. The molecule has 0 spiro atoms. The van der Waals surface area contributed by atoms with Gasteiger partial charge in [0.1, 0.15) is 0 Å². The van der Waals surface area contributed by atoms with E-state index in [-0.39, 0.29) is 0 Å². The van der Waals surface area contributed by atoms with Crippen LogP contribution in [-0.2, 0) is 12.8 Å². The SMILES string of the molecule is CCNCCCc1cccc(CC(C)C)c1. The van der Waals surface area contributed by atoms with Gasteiger partial charge in [0.05, 0.1) is 0 Å². The lowest BCUT2D eigenvalue weighted by Gasteiger charge is -2.07. The Kier molecular flexibility index (Phi) is 6.17. The molecule has 0 aromatic heterocycles. The minimum absolute atomic E-state index is 0.747. The molecule has 1 heteroatoms. The van der Waals surface area contributed by atoms with Crippen molar-refractivity contribution in [3.63, 3.8) is 0 Å². The zero-order valence-corrected chi connectivity index (χ0v) is 10.9. The topological polar surface area (TPSA) is 12.0 Å². The molecular formula is C15H25N. The monoisotopic (exact) mass is 219 g/mol. The summed E-state index contributed by atoms with van der Waals surface area (Å²) in [5.41, 5.74) is 2.96. The second-order valence-corrected chi connectivity index (χ2v) is 4.88. The van der Waals surface area contributed by atoms with Crippen LogP contribution in [-0.4, -0.2) is 13.1 Å². The maximum Gasteiger partial charge on any atom is -0.00459 e. The molecular weight excluding hydrogens is 194 g/mol. The minimum Gasteiger partial charge on any atom is -0.317 e. The van der Waals surface area contributed by atoms with Crippen LogP contribution in [0.3, 0.4) is 0 Å². The molecule has 0 amide bonds. The lowest BCUT2D eigenvalue weighted by Crippen LogP contribution is -2.14. The third-order valence-electron chi connectivity index (χ3n) is 2.70. The minimum atomic E-state index is 0.747. The van der Waals surface area contributed by atoms with Crippen molar-refractivity contribution < 1.29 is 0 Å². The smallest absolute Gasteiger partial charge is 0.00459 e. The summed E-state index contributed by atoms with van der Waals surface area (Å²) in [6.45, 7) is 8.91. The van der Waals surface area contributed by atoms with E-state index in [1.165, 1.54) is 30.4 Å². The van der Waals surface area contributed by atoms with Gasteiger partial charge >= 0.3 is 0 Å². The van der Waals surface area contributed by atoms with Gasteiger partial charge in [-0.25, -0.2) is 0 Å². The Bertz CT molecular complexity index is 291. The average molecular weight is 219 g/mol. The Labute approximate surface area is 100 Å². The summed E-state index contributed by atoms with van der Waals surface area (Å²) < 4.78 is 0. The number of aryl methyl sites for hydroxylation is 1. The number of hydrogen-bond acceptors (Lipinski definition) is 1. The van der Waals surface area contributed by atoms with Crippen LogP contribution in [0.15, 0.2) is 24.3 Å². The summed E-state index contributed by atoms with van der Waals surface area (Å²) >= 11 is 0. The Morgan fingerprint density at radius 3 is 2.62 bits per heavy atom. The molecule has 1 aromatic carbocycles. The van der Waals surface area contributed by atoms with Gasteiger partial charge < -0.3 is 5.32 Å². The van der Waals surface area contributed by atoms with Gasteiger partial charge in [-0.15, -0.1) is 0 Å². The second kappa shape index (κ2) is 7.45. The molecule has 1 rings (SSSR count). The van der Waals surface area contributed by atoms with Crippen LogP contribution in [0.1, 0.15) is 38.3 Å². The zero-order valence-electron chi connectivity index (χ0n) is 10.9. The molecule has 0 atom stereocenters. The highest BCUT2D eigenvalue weighted by molar-refractivity contribution is 5.23. The van der Waals surface area contributed by atoms with Gasteiger partial charge in [0, 0.05) is 0 Å². The summed E-state index contributed by atoms with van der Waals surface area (Å²) in [6.07, 6.45) is 3.62. The van der Waals surface area contributed by atoms with Gasteiger partial charge in [-0.05, 0) is 49.4 Å². The largest absolute Gasteiger partial charge is 0.317 e. The highest BCUT2D eigenvalue weighted by Gasteiger charge is 1.99. The molecule has 0 fully saturated rings. The van der Waals surface area contributed by atoms with E-state index in [9.17, 15) is 0 Å². The van der Waals surface area contributed by atoms with E-state index in [4.69, 9.17) is 0 Å². The Hall–Kier alpha value is -0.820. The first-order valence-electron chi connectivity index (χ1n) is 6.51. The molecule has 0 aliphatic carbocycles. The first-order chi connectivity index (χ1) is 7.72. The van der Waals surface area contributed by atoms with Crippen LogP contribution in [0.2, 0.25) is 0 Å². The summed E-state index contributed by atoms with van der Waals surface area (Å²) in [7, 11) is 0. The van der Waals surface area contributed by atoms with Crippen LogP contribution >= 0.6 is 0 Å². The van der Waals surface area contributed by atoms with Crippen molar-refractivity contribution in [2.24, 2.45) is 5.92 Å². The van der Waals surface area contributed by atoms with Crippen LogP contribution < -0.4 is 5.32 Å². The molecule has 0 bridgehead atoms. The van der Waals surface area contributed by atoms with E-state index in [0.717, 1.165) is 19.0 Å². The van der Waals surface area contributed by atoms with Gasteiger partial charge in [0.15, 0.2) is 0 Å². The number of rotatable bonds is 7.